The smallest absolute Gasteiger partial charge is 0.408 e. The maximum atomic E-state index is 12.2. The molecule has 0 amide bonds. The third-order valence-corrected chi connectivity index (χ3v) is 3.17. The summed E-state index contributed by atoms with van der Waals surface area (Å²) in [5.41, 5.74) is 1.38. The van der Waals surface area contributed by atoms with Gasteiger partial charge in [0.25, 0.3) is 0 Å². The third-order valence-electron chi connectivity index (χ3n) is 3.17. The van der Waals surface area contributed by atoms with E-state index in [-0.39, 0.29) is 11.7 Å². The average molecular weight is 258 g/mol. The van der Waals surface area contributed by atoms with Crippen LogP contribution < -0.4 is 5.76 Å². The highest BCUT2D eigenvalue weighted by atomic mass is 16.4. The van der Waals surface area contributed by atoms with Gasteiger partial charge in [-0.3, -0.25) is 9.36 Å². The Bertz CT molecular complexity index is 731. The first-order chi connectivity index (χ1) is 8.95. The van der Waals surface area contributed by atoms with Crippen molar-refractivity contribution in [1.29, 1.82) is 5.26 Å². The summed E-state index contributed by atoms with van der Waals surface area (Å²) < 4.78 is 6.40. The molecule has 0 N–H and O–H groups in total. The van der Waals surface area contributed by atoms with Crippen molar-refractivity contribution in [1.82, 2.24) is 4.57 Å². The minimum atomic E-state index is -0.687. The molecule has 2 rings (SSSR count). The fraction of sp³-hybridized carbons (Fsp3) is 0.357. The van der Waals surface area contributed by atoms with Crippen molar-refractivity contribution >= 4 is 16.9 Å². The van der Waals surface area contributed by atoms with E-state index in [1.54, 1.807) is 19.2 Å². The highest BCUT2D eigenvalue weighted by molar-refractivity contribution is 6.01. The molecule has 19 heavy (non-hydrogen) atoms. The molecule has 0 aliphatic heterocycles. The Balaban J connectivity index is 2.50. The number of aryl methyl sites for hydroxylation is 1. The van der Waals surface area contributed by atoms with E-state index in [0.717, 1.165) is 0 Å². The predicted molar refractivity (Wildman–Crippen MR) is 69.7 cm³/mol. The predicted octanol–water partition coefficient (Wildman–Crippen LogP) is 2.11. The molecule has 0 spiro atoms. The number of carbonyl (C=O) groups excluding carboxylic acids is 1. The number of nitrogens with zero attached hydrogens (tertiary/aromatic N) is 2. The molecule has 1 unspecified atom stereocenters. The second-order valence-electron chi connectivity index (χ2n) is 4.82. The van der Waals surface area contributed by atoms with Gasteiger partial charge in [0.1, 0.15) is 5.92 Å². The van der Waals surface area contributed by atoms with Crippen LogP contribution >= 0.6 is 0 Å². The molecule has 0 aliphatic carbocycles. The first kappa shape index (κ1) is 13.1. The molecule has 98 valence electrons. The van der Waals surface area contributed by atoms with Crippen LogP contribution in [0.4, 0.5) is 0 Å². The van der Waals surface area contributed by atoms with Crippen molar-refractivity contribution in [3.05, 3.63) is 34.3 Å². The highest BCUT2D eigenvalue weighted by Crippen LogP contribution is 2.20. The molecule has 1 aromatic heterocycles. The third kappa shape index (κ3) is 2.17. The Morgan fingerprint density at radius 3 is 2.68 bits per heavy atom. The van der Waals surface area contributed by atoms with Crippen LogP contribution in [0.2, 0.25) is 0 Å². The Labute approximate surface area is 110 Å². The van der Waals surface area contributed by atoms with Crippen LogP contribution in [0.15, 0.2) is 27.4 Å². The lowest BCUT2D eigenvalue weighted by Gasteiger charge is -2.11. The first-order valence-corrected chi connectivity index (χ1v) is 5.99. The maximum Gasteiger partial charge on any atom is 0.419 e. The second-order valence-corrected chi connectivity index (χ2v) is 4.82. The van der Waals surface area contributed by atoms with Gasteiger partial charge < -0.3 is 4.42 Å². The van der Waals surface area contributed by atoms with E-state index in [0.29, 0.717) is 16.7 Å². The number of Topliss-reactive ketones (excluding diaryl/α,β-unsaturated/α-hetero) is 1. The summed E-state index contributed by atoms with van der Waals surface area (Å²) in [6.07, 6.45) is 0. The van der Waals surface area contributed by atoms with Gasteiger partial charge in [0.15, 0.2) is 11.4 Å². The van der Waals surface area contributed by atoms with Crippen molar-refractivity contribution in [2.75, 3.05) is 0 Å². The number of hydrogen-bond acceptors (Lipinski definition) is 4. The molecule has 0 aliphatic rings. The fourth-order valence-corrected chi connectivity index (χ4v) is 1.98. The van der Waals surface area contributed by atoms with Crippen LogP contribution in [0.3, 0.4) is 0 Å². The number of ketones is 1. The van der Waals surface area contributed by atoms with Crippen LogP contribution in [-0.2, 0) is 7.05 Å². The highest BCUT2D eigenvalue weighted by Gasteiger charge is 2.23. The monoisotopic (exact) mass is 258 g/mol. The minimum absolute atomic E-state index is 0.0593. The molecular formula is C14H14N2O3. The Morgan fingerprint density at radius 1 is 1.42 bits per heavy atom. The van der Waals surface area contributed by atoms with E-state index >= 15 is 0 Å². The van der Waals surface area contributed by atoms with Crippen molar-refractivity contribution in [3.8, 4) is 6.07 Å². The van der Waals surface area contributed by atoms with Crippen molar-refractivity contribution in [3.63, 3.8) is 0 Å². The van der Waals surface area contributed by atoms with Crippen LogP contribution in [0.25, 0.3) is 11.1 Å². The van der Waals surface area contributed by atoms with E-state index in [2.05, 4.69) is 0 Å². The van der Waals surface area contributed by atoms with Crippen LogP contribution in [0.1, 0.15) is 24.2 Å². The molecule has 1 heterocycles. The number of nitriles is 1. The zero-order valence-corrected chi connectivity index (χ0v) is 11.0. The van der Waals surface area contributed by atoms with Crippen LogP contribution in [0.5, 0.6) is 0 Å². The van der Waals surface area contributed by atoms with Crippen LogP contribution in [0, 0.1) is 23.2 Å². The lowest BCUT2D eigenvalue weighted by Crippen LogP contribution is -2.18. The summed E-state index contributed by atoms with van der Waals surface area (Å²) in [4.78, 5) is 23.6. The van der Waals surface area contributed by atoms with E-state index in [9.17, 15) is 9.59 Å². The summed E-state index contributed by atoms with van der Waals surface area (Å²) in [6, 6.07) is 6.81. The van der Waals surface area contributed by atoms with Gasteiger partial charge in [0.05, 0.1) is 11.6 Å². The lowest BCUT2D eigenvalue weighted by atomic mass is 9.89. The van der Waals surface area contributed by atoms with E-state index in [1.807, 2.05) is 19.9 Å². The molecule has 5 nitrogen and oxygen atoms in total. The molecule has 1 atom stereocenters. The number of rotatable bonds is 3. The van der Waals surface area contributed by atoms with E-state index in [4.69, 9.17) is 9.68 Å². The zero-order chi connectivity index (χ0) is 14.2. The lowest BCUT2D eigenvalue weighted by molar-refractivity contribution is 0.0924. The SMILES string of the molecule is CC(C)C(C#N)C(=O)c1ccc2c(c1)oc(=O)n2C. The van der Waals surface area contributed by atoms with Gasteiger partial charge in [-0.2, -0.15) is 5.26 Å². The molecule has 0 saturated heterocycles. The van der Waals surface area contributed by atoms with Crippen molar-refractivity contribution in [2.24, 2.45) is 18.9 Å². The van der Waals surface area contributed by atoms with Gasteiger partial charge in [-0.25, -0.2) is 4.79 Å². The minimum Gasteiger partial charge on any atom is -0.408 e. The van der Waals surface area contributed by atoms with Crippen molar-refractivity contribution in [2.45, 2.75) is 13.8 Å². The number of oxazole rings is 1. The molecule has 1 aromatic carbocycles. The summed E-state index contributed by atoms with van der Waals surface area (Å²) in [5, 5.41) is 9.04. The first-order valence-electron chi connectivity index (χ1n) is 5.99. The number of carbonyl (C=O) groups is 1. The molecule has 0 radical (unpaired) electrons. The topological polar surface area (TPSA) is 76.0 Å². The van der Waals surface area contributed by atoms with Gasteiger partial charge >= 0.3 is 5.76 Å². The number of aromatic nitrogens is 1. The van der Waals surface area contributed by atoms with E-state index < -0.39 is 11.7 Å². The Morgan fingerprint density at radius 2 is 2.11 bits per heavy atom. The maximum absolute atomic E-state index is 12.2. The summed E-state index contributed by atoms with van der Waals surface area (Å²) in [6.45, 7) is 3.65. The largest absolute Gasteiger partial charge is 0.419 e. The molecule has 0 saturated carbocycles. The quantitative estimate of drug-likeness (QED) is 0.790. The molecule has 2 aromatic rings. The van der Waals surface area contributed by atoms with E-state index in [1.165, 1.54) is 10.6 Å². The second kappa shape index (κ2) is 4.73. The van der Waals surface area contributed by atoms with Gasteiger partial charge in [-0.05, 0) is 24.1 Å². The Kier molecular flexibility index (Phi) is 3.26. The zero-order valence-electron chi connectivity index (χ0n) is 11.0. The number of benzene rings is 1. The standard InChI is InChI=1S/C14H14N2O3/c1-8(2)10(7-15)13(17)9-4-5-11-12(6-9)19-14(18)16(11)3/h4-6,8,10H,1-3H3. The number of hydrogen-bond donors (Lipinski definition) is 0. The van der Waals surface area contributed by atoms with Crippen molar-refractivity contribution < 1.29 is 9.21 Å². The van der Waals surface area contributed by atoms with Gasteiger partial charge in [0, 0.05) is 12.6 Å². The Hall–Kier alpha value is -2.35. The van der Waals surface area contributed by atoms with Gasteiger partial charge in [-0.1, -0.05) is 13.8 Å². The molecule has 5 heteroatoms. The van der Waals surface area contributed by atoms with Gasteiger partial charge in [-0.15, -0.1) is 0 Å². The fourth-order valence-electron chi connectivity index (χ4n) is 1.98. The molecular weight excluding hydrogens is 244 g/mol. The summed E-state index contributed by atoms with van der Waals surface area (Å²) >= 11 is 0. The molecule has 0 fully saturated rings. The number of fused-ring (bicyclic) bond motifs is 1. The summed E-state index contributed by atoms with van der Waals surface area (Å²) in [5.74, 6) is -1.46. The average Bonchev–Trinajstić information content (AvgIpc) is 2.65. The van der Waals surface area contributed by atoms with Gasteiger partial charge in [0.2, 0.25) is 0 Å². The molecule has 0 bridgehead atoms. The normalized spacial score (nSPS) is 12.6. The van der Waals surface area contributed by atoms with Crippen LogP contribution in [-0.4, -0.2) is 10.4 Å². The summed E-state index contributed by atoms with van der Waals surface area (Å²) in [7, 11) is 1.60.